The topological polar surface area (TPSA) is 38.7 Å². The number of rotatable bonds is 2. The molecule has 0 atom stereocenters. The Kier molecular flexibility index (Phi) is 2.80. The fraction of sp³-hybridized carbons (Fsp3) is 0. The maximum Gasteiger partial charge on any atom is 0.160 e. The van der Waals surface area contributed by atoms with E-state index in [1.54, 1.807) is 24.7 Å². The van der Waals surface area contributed by atoms with Crippen LogP contribution in [0, 0.1) is 0 Å². The molecule has 3 heteroatoms. The van der Waals surface area contributed by atoms with E-state index >= 15 is 0 Å². The smallest absolute Gasteiger partial charge is 0.160 e. The molecule has 2 heterocycles. The van der Waals surface area contributed by atoms with Gasteiger partial charge in [0.25, 0.3) is 0 Å². The molecule has 0 N–H and O–H groups in total. The van der Waals surface area contributed by atoms with Crippen LogP contribution in [0.15, 0.2) is 67.1 Å². The molecule has 0 unspecified atom stereocenters. The summed E-state index contributed by atoms with van der Waals surface area (Å²) in [4.78, 5) is 12.8. The SMILES string of the molecule is c1ccc(-c2ccc(-c3ncccn3)cn2)cc1. The second-order valence-corrected chi connectivity index (χ2v) is 3.87. The Morgan fingerprint density at radius 3 is 2.06 bits per heavy atom. The van der Waals surface area contributed by atoms with Crippen molar-refractivity contribution < 1.29 is 0 Å². The van der Waals surface area contributed by atoms with E-state index in [4.69, 9.17) is 0 Å². The van der Waals surface area contributed by atoms with Gasteiger partial charge in [-0.25, -0.2) is 9.97 Å². The molecule has 3 aromatic rings. The molecule has 0 saturated heterocycles. The third kappa shape index (κ3) is 2.11. The van der Waals surface area contributed by atoms with Crippen LogP contribution in [-0.4, -0.2) is 15.0 Å². The fourth-order valence-electron chi connectivity index (χ4n) is 1.75. The Hall–Kier alpha value is -2.55. The lowest BCUT2D eigenvalue weighted by Crippen LogP contribution is -1.89. The maximum atomic E-state index is 4.45. The first-order chi connectivity index (χ1) is 8.93. The van der Waals surface area contributed by atoms with Crippen molar-refractivity contribution in [3.63, 3.8) is 0 Å². The summed E-state index contributed by atoms with van der Waals surface area (Å²) in [6.07, 6.45) is 5.26. The molecule has 2 aromatic heterocycles. The third-order valence-electron chi connectivity index (χ3n) is 2.66. The quantitative estimate of drug-likeness (QED) is 0.682. The molecule has 1 aromatic carbocycles. The molecule has 0 aliphatic rings. The number of hydrogen-bond acceptors (Lipinski definition) is 3. The van der Waals surface area contributed by atoms with Crippen molar-refractivity contribution in [1.82, 2.24) is 15.0 Å². The van der Waals surface area contributed by atoms with Gasteiger partial charge >= 0.3 is 0 Å². The minimum absolute atomic E-state index is 0.699. The van der Waals surface area contributed by atoms with Gasteiger partial charge < -0.3 is 0 Å². The Labute approximate surface area is 105 Å². The Bertz CT molecular complexity index is 560. The molecule has 0 radical (unpaired) electrons. The highest BCUT2D eigenvalue weighted by Crippen LogP contribution is 2.19. The zero-order valence-electron chi connectivity index (χ0n) is 9.69. The van der Waals surface area contributed by atoms with Gasteiger partial charge in [0, 0.05) is 29.7 Å². The van der Waals surface area contributed by atoms with E-state index in [2.05, 4.69) is 15.0 Å². The van der Waals surface area contributed by atoms with Crippen molar-refractivity contribution in [3.05, 3.63) is 67.1 Å². The Balaban J connectivity index is 1.95. The van der Waals surface area contributed by atoms with Gasteiger partial charge in [0.1, 0.15) is 0 Å². The summed E-state index contributed by atoms with van der Waals surface area (Å²) < 4.78 is 0. The molecule has 0 aliphatic carbocycles. The number of nitrogens with zero attached hydrogens (tertiary/aromatic N) is 3. The Morgan fingerprint density at radius 1 is 0.611 bits per heavy atom. The molecule has 86 valence electrons. The van der Waals surface area contributed by atoms with Crippen LogP contribution >= 0.6 is 0 Å². The summed E-state index contributed by atoms with van der Waals surface area (Å²) in [6, 6.07) is 15.9. The van der Waals surface area contributed by atoms with Crippen molar-refractivity contribution >= 4 is 0 Å². The lowest BCUT2D eigenvalue weighted by molar-refractivity contribution is 1.16. The van der Waals surface area contributed by atoms with Crippen molar-refractivity contribution in [2.45, 2.75) is 0 Å². The zero-order valence-corrected chi connectivity index (χ0v) is 9.69. The number of aromatic nitrogens is 3. The predicted molar refractivity (Wildman–Crippen MR) is 70.7 cm³/mol. The minimum atomic E-state index is 0.699. The van der Waals surface area contributed by atoms with E-state index < -0.39 is 0 Å². The average molecular weight is 233 g/mol. The molecule has 0 amide bonds. The molecular formula is C15H11N3. The predicted octanol–water partition coefficient (Wildman–Crippen LogP) is 3.21. The molecule has 0 saturated carbocycles. The molecular weight excluding hydrogens is 222 g/mol. The van der Waals surface area contributed by atoms with Crippen molar-refractivity contribution in [3.8, 4) is 22.6 Å². The highest BCUT2D eigenvalue weighted by Gasteiger charge is 2.02. The van der Waals surface area contributed by atoms with Gasteiger partial charge in [-0.2, -0.15) is 0 Å². The Morgan fingerprint density at radius 2 is 1.39 bits per heavy atom. The summed E-state index contributed by atoms with van der Waals surface area (Å²) in [5, 5.41) is 0. The first-order valence-electron chi connectivity index (χ1n) is 5.72. The maximum absolute atomic E-state index is 4.45. The van der Waals surface area contributed by atoms with Crippen LogP contribution in [0.4, 0.5) is 0 Å². The lowest BCUT2D eigenvalue weighted by Gasteiger charge is -2.02. The van der Waals surface area contributed by atoms with Crippen molar-refractivity contribution in [2.24, 2.45) is 0 Å². The highest BCUT2D eigenvalue weighted by atomic mass is 14.9. The lowest BCUT2D eigenvalue weighted by atomic mass is 10.1. The molecule has 18 heavy (non-hydrogen) atoms. The van der Waals surface area contributed by atoms with Gasteiger partial charge in [-0.1, -0.05) is 30.3 Å². The van der Waals surface area contributed by atoms with E-state index in [-0.39, 0.29) is 0 Å². The van der Waals surface area contributed by atoms with E-state index in [0.29, 0.717) is 5.82 Å². The van der Waals surface area contributed by atoms with Gasteiger partial charge in [0.2, 0.25) is 0 Å². The van der Waals surface area contributed by atoms with E-state index in [1.165, 1.54) is 0 Å². The normalized spacial score (nSPS) is 10.2. The standard InChI is InChI=1S/C15H11N3/c1-2-5-12(6-3-1)14-8-7-13(11-18-14)15-16-9-4-10-17-15/h1-11H. The first-order valence-corrected chi connectivity index (χ1v) is 5.72. The highest BCUT2D eigenvalue weighted by molar-refractivity contribution is 5.62. The van der Waals surface area contributed by atoms with Gasteiger partial charge in [-0.3, -0.25) is 4.98 Å². The van der Waals surface area contributed by atoms with Crippen LogP contribution < -0.4 is 0 Å². The van der Waals surface area contributed by atoms with Gasteiger partial charge in [0.15, 0.2) is 5.82 Å². The second kappa shape index (κ2) is 4.75. The number of benzene rings is 1. The van der Waals surface area contributed by atoms with Gasteiger partial charge in [-0.05, 0) is 18.2 Å². The number of pyridine rings is 1. The van der Waals surface area contributed by atoms with Crippen LogP contribution in [0.5, 0.6) is 0 Å². The van der Waals surface area contributed by atoms with Crippen LogP contribution in [0.3, 0.4) is 0 Å². The molecule has 3 nitrogen and oxygen atoms in total. The number of hydrogen-bond donors (Lipinski definition) is 0. The summed E-state index contributed by atoms with van der Waals surface area (Å²) in [5.41, 5.74) is 2.99. The van der Waals surface area contributed by atoms with Crippen LogP contribution in [0.1, 0.15) is 0 Å². The summed E-state index contributed by atoms with van der Waals surface area (Å²) in [7, 11) is 0. The molecule has 0 aliphatic heterocycles. The second-order valence-electron chi connectivity index (χ2n) is 3.87. The first kappa shape index (κ1) is 10.6. The summed E-state index contributed by atoms with van der Waals surface area (Å²) in [6.45, 7) is 0. The zero-order chi connectivity index (χ0) is 12.2. The van der Waals surface area contributed by atoms with Gasteiger partial charge in [0.05, 0.1) is 5.69 Å². The minimum Gasteiger partial charge on any atom is -0.255 e. The van der Waals surface area contributed by atoms with E-state index in [1.807, 2.05) is 42.5 Å². The largest absolute Gasteiger partial charge is 0.255 e. The van der Waals surface area contributed by atoms with Crippen LogP contribution in [0.2, 0.25) is 0 Å². The molecule has 0 spiro atoms. The van der Waals surface area contributed by atoms with Gasteiger partial charge in [-0.15, -0.1) is 0 Å². The monoisotopic (exact) mass is 233 g/mol. The fourth-order valence-corrected chi connectivity index (χ4v) is 1.75. The molecule has 3 rings (SSSR count). The summed E-state index contributed by atoms with van der Waals surface area (Å²) >= 11 is 0. The van der Waals surface area contributed by atoms with Crippen LogP contribution in [-0.2, 0) is 0 Å². The van der Waals surface area contributed by atoms with E-state index in [9.17, 15) is 0 Å². The molecule has 0 fully saturated rings. The van der Waals surface area contributed by atoms with Crippen molar-refractivity contribution in [1.29, 1.82) is 0 Å². The van der Waals surface area contributed by atoms with Crippen molar-refractivity contribution in [2.75, 3.05) is 0 Å². The van der Waals surface area contributed by atoms with E-state index in [0.717, 1.165) is 16.8 Å². The van der Waals surface area contributed by atoms with Crippen LogP contribution in [0.25, 0.3) is 22.6 Å². The average Bonchev–Trinajstić information content (AvgIpc) is 2.49. The molecule has 0 bridgehead atoms. The third-order valence-corrected chi connectivity index (χ3v) is 2.66. The summed E-state index contributed by atoms with van der Waals surface area (Å²) in [5.74, 6) is 0.699.